The third kappa shape index (κ3) is 5.08. The summed E-state index contributed by atoms with van der Waals surface area (Å²) >= 11 is 0. The van der Waals surface area contributed by atoms with E-state index in [1.807, 2.05) is 24.3 Å². The van der Waals surface area contributed by atoms with Crippen LogP contribution in [0.25, 0.3) is 11.1 Å². The summed E-state index contributed by atoms with van der Waals surface area (Å²) in [6, 6.07) is 15.6. The van der Waals surface area contributed by atoms with E-state index in [4.69, 9.17) is 4.74 Å². The van der Waals surface area contributed by atoms with Crippen molar-refractivity contribution in [1.29, 1.82) is 0 Å². The van der Waals surface area contributed by atoms with Crippen LogP contribution < -0.4 is 4.74 Å². The van der Waals surface area contributed by atoms with Crippen molar-refractivity contribution in [2.45, 2.75) is 44.9 Å². The average molecular weight is 498 g/mol. The number of amides is 1. The Labute approximate surface area is 207 Å². The molecule has 1 amide bonds. The Hall–Kier alpha value is -3.81. The lowest BCUT2D eigenvalue weighted by atomic mass is 9.91. The molecule has 8 heteroatoms. The van der Waals surface area contributed by atoms with Crippen LogP contribution in [-0.4, -0.2) is 29.0 Å². The van der Waals surface area contributed by atoms with Gasteiger partial charge in [-0.25, -0.2) is 0 Å². The van der Waals surface area contributed by atoms with E-state index in [1.165, 1.54) is 26.2 Å². The molecule has 0 saturated heterocycles. The van der Waals surface area contributed by atoms with Gasteiger partial charge in [0.15, 0.2) is 0 Å². The Kier molecular flexibility index (Phi) is 7.06. The number of hydrogen-bond acceptors (Lipinski definition) is 3. The molecule has 1 aliphatic carbocycles. The number of halogens is 3. The highest BCUT2D eigenvalue weighted by atomic mass is 19.4. The maximum atomic E-state index is 13.2. The molecular weight excluding hydrogens is 471 g/mol. The molecule has 36 heavy (non-hydrogen) atoms. The number of carbonyl (C=O) groups excluding carboxylic acids is 1. The number of carbonyl (C=O) groups is 2. The molecule has 0 unspecified atom stereocenters. The van der Waals surface area contributed by atoms with Crippen LogP contribution in [0.5, 0.6) is 5.75 Å². The van der Waals surface area contributed by atoms with E-state index < -0.39 is 17.7 Å². The third-order valence-electron chi connectivity index (χ3n) is 6.64. The number of ether oxygens (including phenoxy) is 1. The van der Waals surface area contributed by atoms with Crippen LogP contribution in [0.1, 0.15) is 47.2 Å². The standard InChI is InChI=1S/C28H26F3NO4/c1-17(33)32(24-13-9-18-5-3-4-6-22(18)24)16-23-20(15-26(34)35)10-14-25(36-2)27(23)19-7-11-21(12-8-19)28(29,30)31/h3-8,10-12,14,24H,9,13,15-16H2,1-2H3,(H,34,35)/t24-/m1/s1. The van der Waals surface area contributed by atoms with E-state index in [0.29, 0.717) is 28.0 Å². The van der Waals surface area contributed by atoms with E-state index in [9.17, 15) is 27.9 Å². The molecule has 0 bridgehead atoms. The minimum atomic E-state index is -4.49. The molecule has 1 atom stereocenters. The fourth-order valence-corrected chi connectivity index (χ4v) is 4.96. The highest BCUT2D eigenvalue weighted by Gasteiger charge is 2.32. The van der Waals surface area contributed by atoms with Crippen LogP contribution in [-0.2, 0) is 35.2 Å². The Bertz CT molecular complexity index is 1280. The fourth-order valence-electron chi connectivity index (χ4n) is 4.96. The van der Waals surface area contributed by atoms with Crippen molar-refractivity contribution in [1.82, 2.24) is 4.90 Å². The number of benzene rings is 3. The van der Waals surface area contributed by atoms with Gasteiger partial charge in [0.2, 0.25) is 5.91 Å². The SMILES string of the molecule is COc1ccc(CC(=O)O)c(CN(C(C)=O)[C@@H]2CCc3ccccc32)c1-c1ccc(C(F)(F)F)cc1. The average Bonchev–Trinajstić information content (AvgIpc) is 3.25. The number of aliphatic carboxylic acids is 1. The molecule has 1 aliphatic rings. The van der Waals surface area contributed by atoms with Crippen molar-refractivity contribution in [3.8, 4) is 16.9 Å². The number of alkyl halides is 3. The lowest BCUT2D eigenvalue weighted by molar-refractivity contribution is -0.138. The summed E-state index contributed by atoms with van der Waals surface area (Å²) in [7, 11) is 1.44. The van der Waals surface area contributed by atoms with E-state index in [-0.39, 0.29) is 24.9 Å². The smallest absolute Gasteiger partial charge is 0.416 e. The third-order valence-corrected chi connectivity index (χ3v) is 6.64. The number of methoxy groups -OCH3 is 1. The largest absolute Gasteiger partial charge is 0.496 e. The van der Waals surface area contributed by atoms with Crippen molar-refractivity contribution in [2.75, 3.05) is 7.11 Å². The zero-order valence-corrected chi connectivity index (χ0v) is 19.9. The molecule has 0 aromatic heterocycles. The summed E-state index contributed by atoms with van der Waals surface area (Å²) in [4.78, 5) is 26.3. The second-order valence-corrected chi connectivity index (χ2v) is 8.83. The van der Waals surface area contributed by atoms with Crippen LogP contribution in [0.3, 0.4) is 0 Å². The lowest BCUT2D eigenvalue weighted by Gasteiger charge is -2.31. The predicted octanol–water partition coefficient (Wildman–Crippen LogP) is 6.04. The first-order valence-corrected chi connectivity index (χ1v) is 11.5. The van der Waals surface area contributed by atoms with Gasteiger partial charge in [0.1, 0.15) is 5.75 Å². The van der Waals surface area contributed by atoms with Crippen LogP contribution >= 0.6 is 0 Å². The molecule has 5 nitrogen and oxygen atoms in total. The van der Waals surface area contributed by atoms with Gasteiger partial charge in [0.25, 0.3) is 0 Å². The van der Waals surface area contributed by atoms with Crippen molar-refractivity contribution >= 4 is 11.9 Å². The summed E-state index contributed by atoms with van der Waals surface area (Å²) < 4.78 is 45.1. The molecule has 3 aromatic carbocycles. The maximum Gasteiger partial charge on any atom is 0.416 e. The van der Waals surface area contributed by atoms with Gasteiger partial charge in [-0.15, -0.1) is 0 Å². The predicted molar refractivity (Wildman–Crippen MR) is 128 cm³/mol. The maximum absolute atomic E-state index is 13.2. The number of rotatable bonds is 7. The van der Waals surface area contributed by atoms with E-state index in [1.54, 1.807) is 17.0 Å². The molecule has 188 valence electrons. The van der Waals surface area contributed by atoms with E-state index in [2.05, 4.69) is 0 Å². The zero-order valence-electron chi connectivity index (χ0n) is 19.9. The van der Waals surface area contributed by atoms with Gasteiger partial charge >= 0.3 is 12.1 Å². The lowest BCUT2D eigenvalue weighted by Crippen LogP contribution is -2.32. The van der Waals surface area contributed by atoms with E-state index in [0.717, 1.165) is 36.1 Å². The molecule has 0 spiro atoms. The first-order valence-electron chi connectivity index (χ1n) is 11.5. The summed E-state index contributed by atoms with van der Waals surface area (Å²) in [6.45, 7) is 1.56. The van der Waals surface area contributed by atoms with Gasteiger partial charge < -0.3 is 14.7 Å². The number of carboxylic acid groups (broad SMARTS) is 1. The van der Waals surface area contributed by atoms with Crippen LogP contribution in [0, 0.1) is 0 Å². The minimum absolute atomic E-state index is 0.0878. The van der Waals surface area contributed by atoms with Gasteiger partial charge in [0, 0.05) is 19.0 Å². The van der Waals surface area contributed by atoms with Crippen molar-refractivity contribution < 1.29 is 32.6 Å². The Morgan fingerprint density at radius 2 is 1.75 bits per heavy atom. The number of fused-ring (bicyclic) bond motifs is 1. The summed E-state index contributed by atoms with van der Waals surface area (Å²) in [5, 5.41) is 9.55. The molecule has 1 N–H and O–H groups in total. The highest BCUT2D eigenvalue weighted by molar-refractivity contribution is 5.80. The molecule has 0 aliphatic heterocycles. The van der Waals surface area contributed by atoms with Crippen LogP contribution in [0.15, 0.2) is 60.7 Å². The summed E-state index contributed by atoms with van der Waals surface area (Å²) in [6.07, 6.45) is -3.25. The molecular formula is C28H26F3NO4. The van der Waals surface area contributed by atoms with Gasteiger partial charge in [0.05, 0.1) is 25.1 Å². The number of aryl methyl sites for hydroxylation is 1. The topological polar surface area (TPSA) is 66.8 Å². The first-order chi connectivity index (χ1) is 17.1. The zero-order chi connectivity index (χ0) is 26.0. The second-order valence-electron chi connectivity index (χ2n) is 8.83. The molecule has 0 radical (unpaired) electrons. The van der Waals surface area contributed by atoms with Crippen molar-refractivity contribution in [3.05, 3.63) is 88.5 Å². The van der Waals surface area contributed by atoms with Crippen LogP contribution in [0.4, 0.5) is 13.2 Å². The number of carboxylic acids is 1. The van der Waals surface area contributed by atoms with Crippen molar-refractivity contribution in [3.63, 3.8) is 0 Å². The second kappa shape index (κ2) is 10.0. The van der Waals surface area contributed by atoms with Crippen molar-refractivity contribution in [2.24, 2.45) is 0 Å². The number of nitrogens with zero attached hydrogens (tertiary/aromatic N) is 1. The normalized spacial score (nSPS) is 14.9. The van der Waals surface area contributed by atoms with Gasteiger partial charge in [-0.05, 0) is 58.9 Å². The highest BCUT2D eigenvalue weighted by Crippen LogP contribution is 2.41. The van der Waals surface area contributed by atoms with Crippen LogP contribution in [0.2, 0.25) is 0 Å². The molecule has 0 fully saturated rings. The van der Waals surface area contributed by atoms with Gasteiger partial charge in [-0.3, -0.25) is 9.59 Å². The minimum Gasteiger partial charge on any atom is -0.496 e. The van der Waals surface area contributed by atoms with E-state index >= 15 is 0 Å². The molecule has 3 aromatic rings. The fraction of sp³-hybridized carbons (Fsp3) is 0.286. The molecule has 0 heterocycles. The Balaban J connectivity index is 1.85. The molecule has 0 saturated carbocycles. The first kappa shape index (κ1) is 25.3. The quantitative estimate of drug-likeness (QED) is 0.432. The monoisotopic (exact) mass is 497 g/mol. The van der Waals surface area contributed by atoms with Gasteiger partial charge in [-0.2, -0.15) is 13.2 Å². The van der Waals surface area contributed by atoms with Gasteiger partial charge in [-0.1, -0.05) is 42.5 Å². The summed E-state index contributed by atoms with van der Waals surface area (Å²) in [5.41, 5.74) is 3.34. The number of hydrogen-bond donors (Lipinski definition) is 1. The Morgan fingerprint density at radius 3 is 2.36 bits per heavy atom. The Morgan fingerprint density at radius 1 is 1.06 bits per heavy atom. The molecule has 4 rings (SSSR count). The summed E-state index contributed by atoms with van der Waals surface area (Å²) in [5.74, 6) is -0.853.